The molecule has 130 valence electrons. The van der Waals surface area contributed by atoms with Crippen molar-refractivity contribution in [2.75, 3.05) is 18.4 Å². The average molecular weight is 350 g/mol. The van der Waals surface area contributed by atoms with E-state index in [0.29, 0.717) is 5.69 Å². The number of aromatic nitrogens is 2. The van der Waals surface area contributed by atoms with Crippen molar-refractivity contribution < 1.29 is 9.72 Å². The van der Waals surface area contributed by atoms with Crippen molar-refractivity contribution >= 4 is 28.2 Å². The lowest BCUT2D eigenvalue weighted by molar-refractivity contribution is -0.384. The van der Waals surface area contributed by atoms with Gasteiger partial charge in [0.05, 0.1) is 22.1 Å². The molecule has 0 radical (unpaired) electrons. The van der Waals surface area contributed by atoms with Crippen LogP contribution in [0.25, 0.3) is 10.9 Å². The maximum atomic E-state index is 12.2. The van der Waals surface area contributed by atoms with E-state index in [4.69, 9.17) is 5.26 Å². The van der Waals surface area contributed by atoms with Crippen LogP contribution < -0.4 is 10.6 Å². The van der Waals surface area contributed by atoms with Crippen LogP contribution in [-0.2, 0) is 0 Å². The SMILES string of the molecule is N#Cc1ccc(NCCNC(=O)c2n[nH]c3ccccc23)c([N+](=O)[O-])c1. The highest BCUT2D eigenvalue weighted by Gasteiger charge is 2.15. The minimum Gasteiger partial charge on any atom is -0.378 e. The third kappa shape index (κ3) is 3.44. The van der Waals surface area contributed by atoms with Gasteiger partial charge in [0, 0.05) is 24.5 Å². The fourth-order valence-corrected chi connectivity index (χ4v) is 2.50. The molecule has 2 aromatic carbocycles. The number of amides is 1. The van der Waals surface area contributed by atoms with Crippen molar-refractivity contribution in [3.8, 4) is 6.07 Å². The number of aromatic amines is 1. The van der Waals surface area contributed by atoms with Gasteiger partial charge in [0.15, 0.2) is 5.69 Å². The van der Waals surface area contributed by atoms with Crippen LogP contribution in [0.1, 0.15) is 16.1 Å². The maximum absolute atomic E-state index is 12.2. The van der Waals surface area contributed by atoms with Crippen molar-refractivity contribution in [2.45, 2.75) is 0 Å². The average Bonchev–Trinajstić information content (AvgIpc) is 3.09. The first-order chi connectivity index (χ1) is 12.6. The molecule has 0 aliphatic carbocycles. The zero-order valence-electron chi connectivity index (χ0n) is 13.5. The smallest absolute Gasteiger partial charge is 0.293 e. The Kier molecular flexibility index (Phi) is 4.76. The fourth-order valence-electron chi connectivity index (χ4n) is 2.50. The van der Waals surface area contributed by atoms with E-state index in [2.05, 4.69) is 20.8 Å². The summed E-state index contributed by atoms with van der Waals surface area (Å²) in [4.78, 5) is 22.8. The highest BCUT2D eigenvalue weighted by atomic mass is 16.6. The van der Waals surface area contributed by atoms with Gasteiger partial charge in [-0.2, -0.15) is 10.4 Å². The molecule has 0 atom stereocenters. The van der Waals surface area contributed by atoms with Gasteiger partial charge in [0.1, 0.15) is 5.69 Å². The van der Waals surface area contributed by atoms with Gasteiger partial charge in [-0.05, 0) is 18.2 Å². The van der Waals surface area contributed by atoms with Gasteiger partial charge in [0.25, 0.3) is 11.6 Å². The van der Waals surface area contributed by atoms with Gasteiger partial charge in [-0.1, -0.05) is 18.2 Å². The van der Waals surface area contributed by atoms with Gasteiger partial charge in [0.2, 0.25) is 0 Å². The molecule has 0 saturated heterocycles. The zero-order chi connectivity index (χ0) is 18.5. The number of carbonyl (C=O) groups is 1. The summed E-state index contributed by atoms with van der Waals surface area (Å²) < 4.78 is 0. The molecular formula is C17H14N6O3. The van der Waals surface area contributed by atoms with E-state index in [1.807, 2.05) is 24.3 Å². The van der Waals surface area contributed by atoms with E-state index in [1.54, 1.807) is 6.07 Å². The van der Waals surface area contributed by atoms with Crippen LogP contribution in [0.4, 0.5) is 11.4 Å². The molecular weight excluding hydrogens is 336 g/mol. The summed E-state index contributed by atoms with van der Waals surface area (Å²) >= 11 is 0. The van der Waals surface area contributed by atoms with Crippen molar-refractivity contribution in [2.24, 2.45) is 0 Å². The van der Waals surface area contributed by atoms with Crippen LogP contribution in [0.3, 0.4) is 0 Å². The summed E-state index contributed by atoms with van der Waals surface area (Å²) in [6.07, 6.45) is 0. The van der Waals surface area contributed by atoms with E-state index >= 15 is 0 Å². The Morgan fingerprint density at radius 1 is 1.27 bits per heavy atom. The monoisotopic (exact) mass is 350 g/mol. The van der Waals surface area contributed by atoms with E-state index in [9.17, 15) is 14.9 Å². The summed E-state index contributed by atoms with van der Waals surface area (Å²) in [5, 5.41) is 33.0. The highest BCUT2D eigenvalue weighted by Crippen LogP contribution is 2.25. The Morgan fingerprint density at radius 3 is 2.85 bits per heavy atom. The summed E-state index contributed by atoms with van der Waals surface area (Å²) in [5.74, 6) is -0.335. The van der Waals surface area contributed by atoms with Crippen molar-refractivity contribution in [1.29, 1.82) is 5.26 Å². The van der Waals surface area contributed by atoms with Crippen LogP contribution in [0, 0.1) is 21.4 Å². The number of fused-ring (bicyclic) bond motifs is 1. The van der Waals surface area contributed by atoms with Gasteiger partial charge < -0.3 is 10.6 Å². The van der Waals surface area contributed by atoms with Crippen molar-refractivity contribution in [3.63, 3.8) is 0 Å². The predicted molar refractivity (Wildman–Crippen MR) is 94.7 cm³/mol. The van der Waals surface area contributed by atoms with Gasteiger partial charge >= 0.3 is 0 Å². The highest BCUT2D eigenvalue weighted by molar-refractivity contribution is 6.04. The second kappa shape index (κ2) is 7.31. The first kappa shape index (κ1) is 16.9. The maximum Gasteiger partial charge on any atom is 0.293 e. The van der Waals surface area contributed by atoms with E-state index < -0.39 is 4.92 Å². The number of nitro benzene ring substituents is 1. The number of nitriles is 1. The van der Waals surface area contributed by atoms with Crippen LogP contribution in [-0.4, -0.2) is 34.1 Å². The molecule has 0 aliphatic heterocycles. The Balaban J connectivity index is 1.60. The number of benzene rings is 2. The van der Waals surface area contributed by atoms with Crippen LogP contribution in [0.2, 0.25) is 0 Å². The molecule has 1 amide bonds. The predicted octanol–water partition coefficient (Wildman–Crippen LogP) is 2.18. The fraction of sp³-hybridized carbons (Fsp3) is 0.118. The third-order valence-electron chi connectivity index (χ3n) is 3.73. The van der Waals surface area contributed by atoms with Gasteiger partial charge in [-0.25, -0.2) is 0 Å². The number of nitrogens with zero attached hydrogens (tertiary/aromatic N) is 3. The van der Waals surface area contributed by atoms with E-state index in [0.717, 1.165) is 10.9 Å². The quantitative estimate of drug-likeness (QED) is 0.354. The minimum absolute atomic E-state index is 0.186. The number of nitro groups is 1. The standard InChI is InChI=1S/C17H14N6O3/c18-10-11-5-6-14(15(9-11)23(25)26)19-7-8-20-17(24)16-12-3-1-2-4-13(12)21-22-16/h1-6,9,19H,7-8H2,(H,20,24)(H,21,22). The Bertz CT molecular complexity index is 1020. The molecule has 0 spiro atoms. The lowest BCUT2D eigenvalue weighted by Gasteiger charge is -2.08. The normalized spacial score (nSPS) is 10.3. The number of para-hydroxylation sites is 1. The van der Waals surface area contributed by atoms with Gasteiger partial charge in [-0.15, -0.1) is 0 Å². The Morgan fingerprint density at radius 2 is 2.08 bits per heavy atom. The molecule has 0 bridgehead atoms. The second-order valence-corrected chi connectivity index (χ2v) is 5.40. The number of hydrogen-bond donors (Lipinski definition) is 3. The topological polar surface area (TPSA) is 137 Å². The van der Waals surface area contributed by atoms with Crippen LogP contribution in [0.5, 0.6) is 0 Å². The molecule has 26 heavy (non-hydrogen) atoms. The molecule has 3 N–H and O–H groups in total. The van der Waals surface area contributed by atoms with Gasteiger partial charge in [-0.3, -0.25) is 20.0 Å². The number of nitrogens with one attached hydrogen (secondary N) is 3. The summed E-state index contributed by atoms with van der Waals surface area (Å²) in [5.41, 5.74) is 1.37. The van der Waals surface area contributed by atoms with Crippen LogP contribution >= 0.6 is 0 Å². The summed E-state index contributed by atoms with van der Waals surface area (Å²) in [6.45, 7) is 0.526. The molecule has 3 rings (SSSR count). The van der Waals surface area contributed by atoms with Crippen LogP contribution in [0.15, 0.2) is 42.5 Å². The molecule has 0 aliphatic rings. The number of H-pyrrole nitrogens is 1. The molecule has 3 aromatic rings. The lowest BCUT2D eigenvalue weighted by Crippen LogP contribution is -2.29. The summed E-state index contributed by atoms with van der Waals surface area (Å²) in [6, 6.07) is 13.3. The van der Waals surface area contributed by atoms with E-state index in [-0.39, 0.29) is 35.9 Å². The number of anilines is 1. The number of hydrogen-bond acceptors (Lipinski definition) is 6. The molecule has 9 nitrogen and oxygen atoms in total. The zero-order valence-corrected chi connectivity index (χ0v) is 13.5. The first-order valence-electron chi connectivity index (χ1n) is 7.74. The minimum atomic E-state index is -0.558. The van der Waals surface area contributed by atoms with Crippen molar-refractivity contribution in [1.82, 2.24) is 15.5 Å². The second-order valence-electron chi connectivity index (χ2n) is 5.40. The Labute approximate surface area is 147 Å². The molecule has 1 heterocycles. The molecule has 0 unspecified atom stereocenters. The van der Waals surface area contributed by atoms with E-state index in [1.165, 1.54) is 18.2 Å². The largest absolute Gasteiger partial charge is 0.378 e. The lowest BCUT2D eigenvalue weighted by atomic mass is 10.2. The number of carbonyl (C=O) groups excluding carboxylic acids is 1. The third-order valence-corrected chi connectivity index (χ3v) is 3.73. The van der Waals surface area contributed by atoms with Crippen molar-refractivity contribution in [3.05, 3.63) is 63.8 Å². The summed E-state index contributed by atoms with van der Waals surface area (Å²) in [7, 11) is 0. The first-order valence-corrected chi connectivity index (χ1v) is 7.74. The molecule has 0 saturated carbocycles. The molecule has 0 fully saturated rings. The molecule has 9 heteroatoms. The number of rotatable bonds is 6. The Hall–Kier alpha value is -3.93. The molecule has 1 aromatic heterocycles.